The van der Waals surface area contributed by atoms with Crippen molar-refractivity contribution >= 4 is 0 Å². The van der Waals surface area contributed by atoms with Gasteiger partial charge < -0.3 is 5.11 Å². The molecule has 21 heavy (non-hydrogen) atoms. The largest absolute Gasteiger partial charge is 0.416 e. The van der Waals surface area contributed by atoms with E-state index in [1.807, 2.05) is 0 Å². The molecular weight excluding hydrogens is 298 g/mol. The van der Waals surface area contributed by atoms with Crippen LogP contribution in [0.5, 0.6) is 0 Å². The normalized spacial score (nSPS) is 17.9. The Morgan fingerprint density at radius 2 is 1.43 bits per heavy atom. The van der Waals surface area contributed by atoms with Crippen LogP contribution in [0.1, 0.15) is 48.5 Å². The Morgan fingerprint density at radius 3 is 1.81 bits per heavy atom. The van der Waals surface area contributed by atoms with Gasteiger partial charge in [-0.25, -0.2) is 0 Å². The molecule has 7 heteroatoms. The number of benzene rings is 1. The van der Waals surface area contributed by atoms with Crippen molar-refractivity contribution in [2.75, 3.05) is 0 Å². The smallest absolute Gasteiger partial charge is 0.388 e. The van der Waals surface area contributed by atoms with Crippen LogP contribution in [0, 0.1) is 5.92 Å². The fraction of sp³-hybridized carbons (Fsp3) is 0.571. The molecule has 1 atom stereocenters. The maximum Gasteiger partial charge on any atom is 0.416 e. The molecule has 0 radical (unpaired) electrons. The Labute approximate surface area is 117 Å². The highest BCUT2D eigenvalue weighted by Gasteiger charge is 2.37. The molecule has 0 aliphatic heterocycles. The summed E-state index contributed by atoms with van der Waals surface area (Å²) in [6.07, 6.45) is -8.29. The summed E-state index contributed by atoms with van der Waals surface area (Å²) in [6.45, 7) is 0. The molecule has 0 saturated heterocycles. The highest BCUT2D eigenvalue weighted by atomic mass is 19.4. The summed E-state index contributed by atoms with van der Waals surface area (Å²) in [5, 5.41) is 9.84. The number of hydrogen-bond acceptors (Lipinski definition) is 1. The van der Waals surface area contributed by atoms with Crippen molar-refractivity contribution in [3.8, 4) is 0 Å². The van der Waals surface area contributed by atoms with Crippen LogP contribution >= 0.6 is 0 Å². The molecule has 1 aliphatic rings. The third kappa shape index (κ3) is 4.36. The summed E-state index contributed by atoms with van der Waals surface area (Å²) in [4.78, 5) is 0. The van der Waals surface area contributed by atoms with E-state index in [0.29, 0.717) is 24.5 Å². The number of rotatable bonds is 4. The second kappa shape index (κ2) is 5.51. The second-order valence-electron chi connectivity index (χ2n) is 5.38. The van der Waals surface area contributed by atoms with Crippen molar-refractivity contribution in [3.05, 3.63) is 34.9 Å². The fourth-order valence-electron chi connectivity index (χ4n) is 2.14. The van der Waals surface area contributed by atoms with Crippen molar-refractivity contribution in [3.63, 3.8) is 0 Å². The molecule has 1 nitrogen and oxygen atoms in total. The lowest BCUT2D eigenvalue weighted by Crippen LogP contribution is -2.13. The number of hydrogen-bond donors (Lipinski definition) is 1. The molecule has 118 valence electrons. The van der Waals surface area contributed by atoms with Gasteiger partial charge in [0, 0.05) is 0 Å². The van der Waals surface area contributed by atoms with Crippen molar-refractivity contribution in [2.24, 2.45) is 5.92 Å². The Morgan fingerprint density at radius 1 is 0.952 bits per heavy atom. The van der Waals surface area contributed by atoms with Gasteiger partial charge in [-0.2, -0.15) is 26.3 Å². The predicted molar refractivity (Wildman–Crippen MR) is 63.4 cm³/mol. The molecule has 1 aromatic rings. The van der Waals surface area contributed by atoms with E-state index < -0.39 is 29.6 Å². The SMILES string of the molecule is OC(CCC1CC1)c1cc(C(F)(F)F)cc(C(F)(F)F)c1. The lowest BCUT2D eigenvalue weighted by Gasteiger charge is -2.17. The third-order valence-corrected chi connectivity index (χ3v) is 3.54. The van der Waals surface area contributed by atoms with E-state index in [2.05, 4.69) is 0 Å². The zero-order chi connectivity index (χ0) is 15.8. The molecule has 1 unspecified atom stereocenters. The summed E-state index contributed by atoms with van der Waals surface area (Å²) in [6, 6.07) is 1.25. The van der Waals surface area contributed by atoms with E-state index in [-0.39, 0.29) is 18.1 Å². The van der Waals surface area contributed by atoms with Gasteiger partial charge in [-0.3, -0.25) is 0 Å². The van der Waals surface area contributed by atoms with Crippen LogP contribution in [-0.4, -0.2) is 5.11 Å². The van der Waals surface area contributed by atoms with Gasteiger partial charge >= 0.3 is 12.4 Å². The van der Waals surface area contributed by atoms with E-state index in [9.17, 15) is 31.4 Å². The van der Waals surface area contributed by atoms with Crippen LogP contribution in [0.25, 0.3) is 0 Å². The van der Waals surface area contributed by atoms with Gasteiger partial charge in [-0.05, 0) is 42.5 Å². The van der Waals surface area contributed by atoms with E-state index >= 15 is 0 Å². The number of halogens is 6. The highest BCUT2D eigenvalue weighted by Crippen LogP contribution is 2.39. The standard InChI is InChI=1S/C14H14F6O/c15-13(16,17)10-5-9(6-11(7-10)14(18,19)20)12(21)4-3-8-1-2-8/h5-8,12,21H,1-4H2. The summed E-state index contributed by atoms with van der Waals surface area (Å²) < 4.78 is 76.0. The summed E-state index contributed by atoms with van der Waals surface area (Å²) in [7, 11) is 0. The molecule has 1 aromatic carbocycles. The molecule has 1 aliphatic carbocycles. The van der Waals surface area contributed by atoms with Gasteiger partial charge in [0.2, 0.25) is 0 Å². The molecule has 0 amide bonds. The molecular formula is C14H14F6O. The monoisotopic (exact) mass is 312 g/mol. The molecule has 0 aromatic heterocycles. The third-order valence-electron chi connectivity index (χ3n) is 3.54. The average Bonchev–Trinajstić information content (AvgIpc) is 3.17. The van der Waals surface area contributed by atoms with Crippen LogP contribution in [0.15, 0.2) is 18.2 Å². The maximum atomic E-state index is 12.7. The molecule has 0 spiro atoms. The molecule has 0 bridgehead atoms. The highest BCUT2D eigenvalue weighted by molar-refractivity contribution is 5.34. The fourth-order valence-corrected chi connectivity index (χ4v) is 2.14. The Bertz CT molecular complexity index is 469. The van der Waals surface area contributed by atoms with Crippen LogP contribution in [0.2, 0.25) is 0 Å². The molecule has 2 rings (SSSR count). The predicted octanol–water partition coefficient (Wildman–Crippen LogP) is 4.95. The first-order valence-corrected chi connectivity index (χ1v) is 6.55. The van der Waals surface area contributed by atoms with Gasteiger partial charge in [0.15, 0.2) is 0 Å². The van der Waals surface area contributed by atoms with Crippen LogP contribution < -0.4 is 0 Å². The van der Waals surface area contributed by atoms with Crippen LogP contribution in [-0.2, 0) is 12.4 Å². The van der Waals surface area contributed by atoms with Gasteiger partial charge in [-0.15, -0.1) is 0 Å². The lowest BCUT2D eigenvalue weighted by molar-refractivity contribution is -0.143. The van der Waals surface area contributed by atoms with Crippen molar-refractivity contribution < 1.29 is 31.4 Å². The maximum absolute atomic E-state index is 12.7. The lowest BCUT2D eigenvalue weighted by atomic mass is 9.98. The Balaban J connectivity index is 2.29. The number of alkyl halides is 6. The first-order chi connectivity index (χ1) is 9.57. The average molecular weight is 312 g/mol. The molecule has 1 saturated carbocycles. The summed E-state index contributed by atoms with van der Waals surface area (Å²) in [5.74, 6) is 0.438. The van der Waals surface area contributed by atoms with Crippen molar-refractivity contribution in [1.82, 2.24) is 0 Å². The number of aliphatic hydroxyl groups is 1. The van der Waals surface area contributed by atoms with E-state index in [4.69, 9.17) is 0 Å². The molecule has 1 N–H and O–H groups in total. The number of aliphatic hydroxyl groups excluding tert-OH is 1. The quantitative estimate of drug-likeness (QED) is 0.780. The Kier molecular flexibility index (Phi) is 4.24. The molecule has 1 fully saturated rings. The van der Waals surface area contributed by atoms with E-state index in [1.54, 1.807) is 0 Å². The van der Waals surface area contributed by atoms with Crippen molar-refractivity contribution in [1.29, 1.82) is 0 Å². The summed E-state index contributed by atoms with van der Waals surface area (Å²) in [5.41, 5.74) is -3.12. The van der Waals surface area contributed by atoms with Gasteiger partial charge in [0.25, 0.3) is 0 Å². The summed E-state index contributed by atoms with van der Waals surface area (Å²) >= 11 is 0. The van der Waals surface area contributed by atoms with Gasteiger partial charge in [0.05, 0.1) is 17.2 Å². The molecule has 0 heterocycles. The first kappa shape index (κ1) is 16.1. The zero-order valence-electron chi connectivity index (χ0n) is 10.9. The first-order valence-electron chi connectivity index (χ1n) is 6.55. The second-order valence-corrected chi connectivity index (χ2v) is 5.38. The van der Waals surface area contributed by atoms with Crippen molar-refractivity contribution in [2.45, 2.75) is 44.1 Å². The van der Waals surface area contributed by atoms with E-state index in [0.717, 1.165) is 12.8 Å². The van der Waals surface area contributed by atoms with Crippen LogP contribution in [0.3, 0.4) is 0 Å². The topological polar surface area (TPSA) is 20.2 Å². The Hall–Kier alpha value is -1.24. The van der Waals surface area contributed by atoms with Gasteiger partial charge in [0.1, 0.15) is 0 Å². The van der Waals surface area contributed by atoms with Gasteiger partial charge in [-0.1, -0.05) is 12.8 Å². The van der Waals surface area contributed by atoms with E-state index in [1.165, 1.54) is 0 Å². The minimum atomic E-state index is -4.88. The zero-order valence-corrected chi connectivity index (χ0v) is 10.9. The minimum Gasteiger partial charge on any atom is -0.388 e. The van der Waals surface area contributed by atoms with Crippen LogP contribution in [0.4, 0.5) is 26.3 Å². The minimum absolute atomic E-state index is 0.0666.